The lowest BCUT2D eigenvalue weighted by molar-refractivity contribution is 0.149. The fourth-order valence-corrected chi connectivity index (χ4v) is 20.2. The quantitative estimate of drug-likeness (QED) is 0.140. The second kappa shape index (κ2) is 14.7. The predicted molar refractivity (Wildman–Crippen MR) is 343 cm³/mol. The molecule has 5 aliphatic carbocycles. The summed E-state index contributed by atoms with van der Waals surface area (Å²) in [7, 11) is 0. The number of benzene rings is 8. The third-order valence-electron chi connectivity index (χ3n) is 24.0. The molecule has 402 valence electrons. The Morgan fingerprint density at radius 3 is 1.88 bits per heavy atom. The minimum absolute atomic E-state index is 0.00668. The summed E-state index contributed by atoms with van der Waals surface area (Å²) in [6.07, 6.45) is 8.69. The van der Waals surface area contributed by atoms with Gasteiger partial charge in [-0.05, 0) is 222 Å². The largest absolute Gasteiger partial charge is 0.311 e. The van der Waals surface area contributed by atoms with Crippen LogP contribution in [-0.2, 0) is 37.9 Å². The first kappa shape index (κ1) is 48.8. The van der Waals surface area contributed by atoms with Gasteiger partial charge in [0.15, 0.2) is 0 Å². The lowest BCUT2D eigenvalue weighted by atomic mass is 9.32. The second-order valence-corrected chi connectivity index (χ2v) is 30.6. The average Bonchev–Trinajstić information content (AvgIpc) is 2.69. The zero-order chi connectivity index (χ0) is 56.0. The Morgan fingerprint density at radius 1 is 0.457 bits per heavy atom. The van der Waals surface area contributed by atoms with Crippen molar-refractivity contribution in [3.8, 4) is 11.1 Å². The Labute approximate surface area is 482 Å². The van der Waals surface area contributed by atoms with Crippen molar-refractivity contribution >= 4 is 68.9 Å². The highest BCUT2D eigenvalue weighted by Gasteiger charge is 2.58. The first-order valence-corrected chi connectivity index (χ1v) is 30.9. The molecule has 4 atom stereocenters. The molecule has 0 aromatic heterocycles. The first-order valence-electron chi connectivity index (χ1n) is 30.9. The van der Waals surface area contributed by atoms with E-state index in [9.17, 15) is 0 Å². The van der Waals surface area contributed by atoms with E-state index in [0.29, 0.717) is 0 Å². The monoisotopic (exact) mass is 1050 g/mol. The molecule has 0 saturated heterocycles. The highest BCUT2D eigenvalue weighted by atomic mass is 15.2. The summed E-state index contributed by atoms with van der Waals surface area (Å²) in [5, 5.41) is 0. The van der Waals surface area contributed by atoms with E-state index < -0.39 is 5.41 Å². The third kappa shape index (κ3) is 5.47. The van der Waals surface area contributed by atoms with Crippen molar-refractivity contribution < 1.29 is 0 Å². The number of anilines is 6. The van der Waals surface area contributed by atoms with Crippen LogP contribution in [0.5, 0.6) is 0 Å². The summed E-state index contributed by atoms with van der Waals surface area (Å²) in [6.45, 7) is 37.8. The van der Waals surface area contributed by atoms with Crippen LogP contribution in [0, 0.1) is 19.3 Å². The van der Waals surface area contributed by atoms with Crippen LogP contribution in [0.25, 0.3) is 22.8 Å². The molecule has 0 N–H and O–H groups in total. The van der Waals surface area contributed by atoms with Crippen molar-refractivity contribution in [1.29, 1.82) is 0 Å². The van der Waals surface area contributed by atoms with Crippen LogP contribution >= 0.6 is 0 Å². The molecule has 2 nitrogen and oxygen atoms in total. The van der Waals surface area contributed by atoms with Gasteiger partial charge in [-0.2, -0.15) is 0 Å². The van der Waals surface area contributed by atoms with Crippen LogP contribution in [0.4, 0.5) is 34.1 Å². The zero-order valence-corrected chi connectivity index (χ0v) is 50.7. The Balaban J connectivity index is 1.06. The molecule has 1 saturated carbocycles. The molecule has 0 radical (unpaired) electrons. The molecule has 8 aromatic carbocycles. The number of nitrogens with zero attached hydrogens (tertiary/aromatic N) is 2. The molecular weight excluding hydrogens is 976 g/mol. The molecule has 81 heavy (non-hydrogen) atoms. The van der Waals surface area contributed by atoms with E-state index in [1.165, 1.54) is 176 Å². The van der Waals surface area contributed by atoms with Crippen molar-refractivity contribution in [2.24, 2.45) is 5.41 Å². The third-order valence-corrected chi connectivity index (χ3v) is 24.0. The first-order chi connectivity index (χ1) is 38.4. The van der Waals surface area contributed by atoms with E-state index in [2.05, 4.69) is 247 Å². The Morgan fingerprint density at radius 2 is 1.12 bits per heavy atom. The fraction of sp³-hybridized carbons (Fsp3) is 0.359. The number of hydrogen-bond acceptors (Lipinski definition) is 2. The van der Waals surface area contributed by atoms with Gasteiger partial charge in [0.1, 0.15) is 0 Å². The maximum absolute atomic E-state index is 2.82. The minimum Gasteiger partial charge on any atom is -0.311 e. The summed E-state index contributed by atoms with van der Waals surface area (Å²) >= 11 is 0. The van der Waals surface area contributed by atoms with Gasteiger partial charge in [-0.3, -0.25) is 0 Å². The molecule has 0 amide bonds. The molecule has 3 heteroatoms. The molecule has 4 heterocycles. The molecule has 4 unspecified atom stereocenters. The van der Waals surface area contributed by atoms with Gasteiger partial charge in [0.2, 0.25) is 0 Å². The highest BCUT2D eigenvalue weighted by molar-refractivity contribution is 7.00. The van der Waals surface area contributed by atoms with E-state index in [4.69, 9.17) is 0 Å². The van der Waals surface area contributed by atoms with Gasteiger partial charge in [-0.1, -0.05) is 186 Å². The van der Waals surface area contributed by atoms with Crippen LogP contribution in [0.15, 0.2) is 127 Å². The van der Waals surface area contributed by atoms with E-state index >= 15 is 0 Å². The van der Waals surface area contributed by atoms with Crippen LogP contribution in [-0.4, -0.2) is 6.71 Å². The lowest BCUT2D eigenvalue weighted by Gasteiger charge is -2.55. The van der Waals surface area contributed by atoms with Crippen molar-refractivity contribution in [2.75, 3.05) is 9.80 Å². The maximum atomic E-state index is 2.82. The van der Waals surface area contributed by atoms with Gasteiger partial charge in [0.05, 0.1) is 5.69 Å². The fourth-order valence-electron chi connectivity index (χ4n) is 20.2. The van der Waals surface area contributed by atoms with Crippen LogP contribution < -0.4 is 26.2 Å². The lowest BCUT2D eigenvalue weighted by Crippen LogP contribution is -2.63. The topological polar surface area (TPSA) is 6.48 Å². The van der Waals surface area contributed by atoms with Gasteiger partial charge < -0.3 is 9.80 Å². The summed E-state index contributed by atoms with van der Waals surface area (Å²) in [5.74, 6) is 0. The maximum Gasteiger partial charge on any atom is 0.252 e. The van der Waals surface area contributed by atoms with E-state index in [1.807, 2.05) is 0 Å². The number of fused-ring (bicyclic) bond motifs is 22. The van der Waals surface area contributed by atoms with Gasteiger partial charge in [-0.25, -0.2) is 0 Å². The van der Waals surface area contributed by atoms with Gasteiger partial charge >= 0.3 is 0 Å². The second-order valence-electron chi connectivity index (χ2n) is 30.6. The highest BCUT2D eigenvalue weighted by Crippen LogP contribution is 2.67. The molecular formula is C78H77BN2. The summed E-state index contributed by atoms with van der Waals surface area (Å²) in [4.78, 5) is 5.62. The van der Waals surface area contributed by atoms with Crippen molar-refractivity contribution in [2.45, 2.75) is 174 Å². The van der Waals surface area contributed by atoms with Crippen LogP contribution in [0.3, 0.4) is 0 Å². The molecule has 4 aliphatic heterocycles. The Bertz CT molecular complexity index is 4340. The summed E-state index contributed by atoms with van der Waals surface area (Å²) in [5.41, 5.74) is 38.4. The number of allylic oxidation sites excluding steroid dienone is 1. The van der Waals surface area contributed by atoms with E-state index in [0.717, 1.165) is 6.42 Å². The summed E-state index contributed by atoms with van der Waals surface area (Å²) < 4.78 is 0. The Hall–Kier alpha value is -6.84. The van der Waals surface area contributed by atoms with Crippen LogP contribution in [0.1, 0.15) is 211 Å². The zero-order valence-electron chi connectivity index (χ0n) is 50.7. The predicted octanol–water partition coefficient (Wildman–Crippen LogP) is 18.0. The molecule has 17 rings (SSSR count). The molecule has 7 bridgehead atoms. The molecule has 0 spiro atoms. The van der Waals surface area contributed by atoms with Crippen molar-refractivity contribution in [3.05, 3.63) is 216 Å². The number of hydrogen-bond donors (Lipinski definition) is 0. The van der Waals surface area contributed by atoms with E-state index in [-0.39, 0.29) is 44.6 Å². The van der Waals surface area contributed by atoms with E-state index in [1.54, 1.807) is 5.56 Å². The van der Waals surface area contributed by atoms with Crippen molar-refractivity contribution in [1.82, 2.24) is 0 Å². The number of aryl methyl sites for hydroxylation is 2. The summed E-state index contributed by atoms with van der Waals surface area (Å²) in [6, 6.07) is 53.0. The average molecular weight is 1050 g/mol. The number of rotatable bonds is 0. The molecule has 9 aliphatic rings. The van der Waals surface area contributed by atoms with Crippen LogP contribution in [0.2, 0.25) is 0 Å². The normalized spacial score (nSPS) is 25.7. The smallest absolute Gasteiger partial charge is 0.252 e. The SMILES string of the molecule is Cc1cc2c3cc1N1c4cc(ccc4B4c5cc6c(cc5N5c7cccc8c7C(C)(c7ccccc7-8)c7c(C)cc1c4c75)C(C)(C)CC6(C)C)C1=Cc4cc(c(C(C)(C)C)cc4C4(C)CCCCC14C)C3(C)c1ccccc1C2(C)C. The van der Waals surface area contributed by atoms with Gasteiger partial charge in [0.25, 0.3) is 6.71 Å². The molecule has 1 fully saturated rings. The standard InChI is InChI=1S/C78H77BN2/c1-43-33-57-59-41-63(43)80-64-37-45(52-35-46-36-58(77(59,14)51-27-19-18-26-50(51)74(57,10)11)54(71(3,4)5)38-53(46)76(13)32-21-20-31-75(52,76)12)29-30-60(64)79-61-39-55-56(73(8,9)42-72(55,6)7)40-65(61)81-62-28-22-24-48-47-23-16-17-25-49(47)78(15,68(48)62)67-44(2)34-66(80)69(79)70(67)81/h16-19,22-30,33-41H,20-21,31-32,42H2,1-15H3. The Kier molecular flexibility index (Phi) is 8.84. The van der Waals surface area contributed by atoms with Crippen molar-refractivity contribution in [3.63, 3.8) is 0 Å². The van der Waals surface area contributed by atoms with Gasteiger partial charge in [-0.15, -0.1) is 0 Å². The van der Waals surface area contributed by atoms with Gasteiger partial charge in [0, 0.05) is 55.5 Å². The minimum atomic E-state index is -0.472. The molecule has 8 aromatic rings.